The summed E-state index contributed by atoms with van der Waals surface area (Å²) in [5, 5.41) is 5.64. The molecular formula is C20H21N3O5. The number of piperidine rings is 1. The Morgan fingerprint density at radius 3 is 2.93 bits per heavy atom. The van der Waals surface area contributed by atoms with Crippen molar-refractivity contribution in [2.24, 2.45) is 5.92 Å². The van der Waals surface area contributed by atoms with Gasteiger partial charge >= 0.3 is 0 Å². The van der Waals surface area contributed by atoms with Crippen molar-refractivity contribution in [3.8, 4) is 5.75 Å². The normalized spacial score (nSPS) is 21.3. The molecule has 2 aliphatic heterocycles. The molecule has 1 aromatic carbocycles. The molecule has 2 atom stereocenters. The van der Waals surface area contributed by atoms with Crippen LogP contribution >= 0.6 is 0 Å². The first-order valence-electron chi connectivity index (χ1n) is 9.26. The van der Waals surface area contributed by atoms with Gasteiger partial charge in [0, 0.05) is 18.8 Å². The van der Waals surface area contributed by atoms with Crippen LogP contribution in [0.2, 0.25) is 0 Å². The van der Waals surface area contributed by atoms with Crippen molar-refractivity contribution in [3.63, 3.8) is 0 Å². The quantitative estimate of drug-likeness (QED) is 0.848. The van der Waals surface area contributed by atoms with Gasteiger partial charge in [-0.3, -0.25) is 14.4 Å². The largest absolute Gasteiger partial charge is 0.479 e. The van der Waals surface area contributed by atoms with Crippen LogP contribution < -0.4 is 15.4 Å². The van der Waals surface area contributed by atoms with Gasteiger partial charge in [-0.1, -0.05) is 0 Å². The van der Waals surface area contributed by atoms with Crippen LogP contribution in [0.4, 0.5) is 11.4 Å². The van der Waals surface area contributed by atoms with Gasteiger partial charge in [0.25, 0.3) is 11.8 Å². The lowest BCUT2D eigenvalue weighted by molar-refractivity contribution is -0.123. The topological polar surface area (TPSA) is 101 Å². The number of ether oxygens (including phenoxy) is 1. The van der Waals surface area contributed by atoms with Crippen molar-refractivity contribution in [3.05, 3.63) is 42.4 Å². The van der Waals surface area contributed by atoms with E-state index < -0.39 is 6.10 Å². The first kappa shape index (κ1) is 18.1. The Morgan fingerprint density at radius 1 is 1.29 bits per heavy atom. The third kappa shape index (κ3) is 3.58. The van der Waals surface area contributed by atoms with E-state index in [4.69, 9.17) is 9.15 Å². The third-order valence-corrected chi connectivity index (χ3v) is 4.99. The SMILES string of the molecule is CC1Oc2ccc(NC(=O)C3CCCN(C(=O)c4ccco4)C3)cc2NC1=O. The molecule has 0 aliphatic carbocycles. The number of rotatable bonds is 3. The number of fused-ring (bicyclic) bond motifs is 1. The number of likely N-dealkylation sites (tertiary alicyclic amines) is 1. The number of carbonyl (C=O) groups is 3. The molecule has 2 aliphatic rings. The average Bonchev–Trinajstić information content (AvgIpc) is 3.23. The molecule has 1 fully saturated rings. The summed E-state index contributed by atoms with van der Waals surface area (Å²) in [4.78, 5) is 38.6. The maximum Gasteiger partial charge on any atom is 0.289 e. The number of benzene rings is 1. The fourth-order valence-electron chi connectivity index (χ4n) is 3.46. The maximum atomic E-state index is 12.7. The number of furan rings is 1. The number of hydrogen-bond donors (Lipinski definition) is 2. The van der Waals surface area contributed by atoms with E-state index in [-0.39, 0.29) is 29.4 Å². The van der Waals surface area contributed by atoms with Crippen LogP contribution in [-0.4, -0.2) is 41.8 Å². The van der Waals surface area contributed by atoms with Crippen LogP contribution in [0.3, 0.4) is 0 Å². The lowest BCUT2D eigenvalue weighted by atomic mass is 9.96. The van der Waals surface area contributed by atoms with Crippen molar-refractivity contribution in [2.75, 3.05) is 23.7 Å². The van der Waals surface area contributed by atoms with Gasteiger partial charge in [-0.15, -0.1) is 0 Å². The predicted molar refractivity (Wildman–Crippen MR) is 101 cm³/mol. The molecule has 0 radical (unpaired) electrons. The highest BCUT2D eigenvalue weighted by atomic mass is 16.5. The number of anilines is 2. The molecule has 3 amide bonds. The zero-order chi connectivity index (χ0) is 19.7. The molecule has 1 aromatic heterocycles. The second kappa shape index (κ2) is 7.38. The van der Waals surface area contributed by atoms with Gasteiger partial charge in [0.05, 0.1) is 17.9 Å². The molecule has 4 rings (SSSR count). The first-order chi connectivity index (χ1) is 13.5. The summed E-state index contributed by atoms with van der Waals surface area (Å²) >= 11 is 0. The lowest BCUT2D eigenvalue weighted by Crippen LogP contribution is -2.43. The lowest BCUT2D eigenvalue weighted by Gasteiger charge is -2.31. The van der Waals surface area contributed by atoms with Crippen molar-refractivity contribution in [1.29, 1.82) is 0 Å². The zero-order valence-corrected chi connectivity index (χ0v) is 15.4. The number of hydrogen-bond acceptors (Lipinski definition) is 5. The number of carbonyl (C=O) groups excluding carboxylic acids is 3. The predicted octanol–water partition coefficient (Wildman–Crippen LogP) is 2.49. The highest BCUT2D eigenvalue weighted by Crippen LogP contribution is 2.32. The Balaban J connectivity index is 1.41. The minimum absolute atomic E-state index is 0.159. The molecule has 146 valence electrons. The summed E-state index contributed by atoms with van der Waals surface area (Å²) in [6.45, 7) is 2.62. The van der Waals surface area contributed by atoms with Crippen molar-refractivity contribution < 1.29 is 23.5 Å². The second-order valence-electron chi connectivity index (χ2n) is 7.02. The van der Waals surface area contributed by atoms with E-state index in [1.807, 2.05) is 0 Å². The van der Waals surface area contributed by atoms with E-state index in [2.05, 4.69) is 10.6 Å². The highest BCUT2D eigenvalue weighted by molar-refractivity contribution is 5.99. The van der Waals surface area contributed by atoms with Crippen molar-refractivity contribution >= 4 is 29.1 Å². The molecule has 28 heavy (non-hydrogen) atoms. The maximum absolute atomic E-state index is 12.7. The fourth-order valence-corrected chi connectivity index (χ4v) is 3.46. The Kier molecular flexibility index (Phi) is 4.77. The van der Waals surface area contributed by atoms with Crippen molar-refractivity contribution in [2.45, 2.75) is 25.9 Å². The molecule has 0 saturated carbocycles. The molecule has 1 saturated heterocycles. The molecule has 3 heterocycles. The summed E-state index contributed by atoms with van der Waals surface area (Å²) in [6.07, 6.45) is 2.36. The van der Waals surface area contributed by atoms with Crippen LogP contribution in [-0.2, 0) is 9.59 Å². The van der Waals surface area contributed by atoms with Gasteiger partial charge in [0.1, 0.15) is 5.75 Å². The van der Waals surface area contributed by atoms with Gasteiger partial charge < -0.3 is 24.7 Å². The standard InChI is InChI=1S/C20H21N3O5/c1-12-18(24)22-15-10-14(6-7-16(15)28-12)21-19(25)13-4-2-8-23(11-13)20(26)17-5-3-9-27-17/h3,5-7,9-10,12-13H,2,4,8,11H2,1H3,(H,21,25)(H,22,24). The summed E-state index contributed by atoms with van der Waals surface area (Å²) in [6, 6.07) is 8.41. The number of nitrogens with zero attached hydrogens (tertiary/aromatic N) is 1. The molecular weight excluding hydrogens is 362 g/mol. The monoisotopic (exact) mass is 383 g/mol. The molecule has 2 N–H and O–H groups in total. The fraction of sp³-hybridized carbons (Fsp3) is 0.350. The van der Waals surface area contributed by atoms with Crippen LogP contribution in [0, 0.1) is 5.92 Å². The minimum Gasteiger partial charge on any atom is -0.479 e. The summed E-state index contributed by atoms with van der Waals surface area (Å²) in [7, 11) is 0. The number of nitrogens with one attached hydrogen (secondary N) is 2. The Labute approximate surface area is 161 Å². The van der Waals surface area contributed by atoms with Crippen LogP contribution in [0.25, 0.3) is 0 Å². The summed E-state index contributed by atoms with van der Waals surface area (Å²) < 4.78 is 10.7. The molecule has 8 heteroatoms. The second-order valence-corrected chi connectivity index (χ2v) is 7.02. The minimum atomic E-state index is -0.548. The van der Waals surface area contributed by atoms with Gasteiger partial charge in [-0.25, -0.2) is 0 Å². The molecule has 8 nitrogen and oxygen atoms in total. The van der Waals surface area contributed by atoms with Gasteiger partial charge in [-0.2, -0.15) is 0 Å². The van der Waals surface area contributed by atoms with Gasteiger partial charge in [0.15, 0.2) is 11.9 Å². The van der Waals surface area contributed by atoms with E-state index in [1.54, 1.807) is 42.2 Å². The summed E-state index contributed by atoms with van der Waals surface area (Å²) in [5.41, 5.74) is 1.09. The van der Waals surface area contributed by atoms with Crippen LogP contribution in [0.5, 0.6) is 5.75 Å². The average molecular weight is 383 g/mol. The van der Waals surface area contributed by atoms with Gasteiger partial charge in [0.2, 0.25) is 5.91 Å². The van der Waals surface area contributed by atoms with E-state index >= 15 is 0 Å². The number of amides is 3. The summed E-state index contributed by atoms with van der Waals surface area (Å²) in [5.74, 6) is -0.0535. The van der Waals surface area contributed by atoms with E-state index in [9.17, 15) is 14.4 Å². The highest BCUT2D eigenvalue weighted by Gasteiger charge is 2.30. The van der Waals surface area contributed by atoms with E-state index in [1.165, 1.54) is 6.26 Å². The van der Waals surface area contributed by atoms with E-state index in [0.29, 0.717) is 36.6 Å². The van der Waals surface area contributed by atoms with Gasteiger partial charge in [-0.05, 0) is 50.1 Å². The first-order valence-corrected chi connectivity index (χ1v) is 9.26. The van der Waals surface area contributed by atoms with Crippen LogP contribution in [0.15, 0.2) is 41.0 Å². The zero-order valence-electron chi connectivity index (χ0n) is 15.4. The molecule has 2 unspecified atom stereocenters. The molecule has 0 spiro atoms. The Morgan fingerprint density at radius 2 is 2.14 bits per heavy atom. The van der Waals surface area contributed by atoms with Crippen LogP contribution in [0.1, 0.15) is 30.3 Å². The van der Waals surface area contributed by atoms with Crippen molar-refractivity contribution in [1.82, 2.24) is 4.90 Å². The Hall–Kier alpha value is -3.29. The molecule has 2 aromatic rings. The van der Waals surface area contributed by atoms with E-state index in [0.717, 1.165) is 6.42 Å². The third-order valence-electron chi connectivity index (χ3n) is 4.99. The Bertz CT molecular complexity index is 909. The smallest absolute Gasteiger partial charge is 0.289 e. The molecule has 0 bridgehead atoms.